The molecular weight excluding hydrogens is 316 g/mol. The van der Waals surface area contributed by atoms with Crippen molar-refractivity contribution in [3.63, 3.8) is 0 Å². The maximum absolute atomic E-state index is 12.7. The summed E-state index contributed by atoms with van der Waals surface area (Å²) in [6.07, 6.45) is 0.810. The second-order valence-corrected chi connectivity index (χ2v) is 5.62. The summed E-state index contributed by atoms with van der Waals surface area (Å²) in [7, 11) is 1.82. The molecule has 1 aromatic heterocycles. The molecular formula is C16H21ClN4O2. The van der Waals surface area contributed by atoms with E-state index in [9.17, 15) is 9.59 Å². The zero-order valence-electron chi connectivity index (χ0n) is 13.2. The topological polar surface area (TPSA) is 68.1 Å². The third-order valence-corrected chi connectivity index (χ3v) is 4.23. The zero-order chi connectivity index (χ0) is 15.7. The number of halogens is 1. The number of nitrogens with one attached hydrogen (secondary N) is 2. The van der Waals surface area contributed by atoms with Gasteiger partial charge in [0, 0.05) is 13.6 Å². The zero-order valence-corrected chi connectivity index (χ0v) is 14.0. The molecule has 0 aliphatic carbocycles. The van der Waals surface area contributed by atoms with E-state index in [0.717, 1.165) is 24.3 Å². The Labute approximate surface area is 140 Å². The number of nitrogens with zero attached hydrogens (tertiary/aromatic N) is 2. The highest BCUT2D eigenvalue weighted by molar-refractivity contribution is 5.93. The van der Waals surface area contributed by atoms with Crippen LogP contribution in [0.3, 0.4) is 0 Å². The monoisotopic (exact) mass is 336 g/mol. The van der Waals surface area contributed by atoms with Gasteiger partial charge in [-0.1, -0.05) is 18.2 Å². The van der Waals surface area contributed by atoms with Gasteiger partial charge in [0.1, 0.15) is 5.69 Å². The molecule has 6 nitrogen and oxygen atoms in total. The lowest BCUT2D eigenvalue weighted by molar-refractivity contribution is -0.119. The van der Waals surface area contributed by atoms with Gasteiger partial charge in [0.05, 0.1) is 17.3 Å². The molecule has 0 radical (unpaired) electrons. The number of rotatable bonds is 3. The van der Waals surface area contributed by atoms with Gasteiger partial charge in [-0.25, -0.2) is 4.68 Å². The molecule has 1 aliphatic rings. The summed E-state index contributed by atoms with van der Waals surface area (Å²) in [4.78, 5) is 24.9. The van der Waals surface area contributed by atoms with Crippen LogP contribution in [0.25, 0.3) is 5.69 Å². The van der Waals surface area contributed by atoms with Crippen molar-refractivity contribution in [3.8, 4) is 5.69 Å². The van der Waals surface area contributed by atoms with Crippen LogP contribution in [0.4, 0.5) is 5.69 Å². The van der Waals surface area contributed by atoms with Crippen molar-refractivity contribution in [3.05, 3.63) is 46.4 Å². The number of carbonyl (C=O) groups is 1. The number of anilines is 1. The van der Waals surface area contributed by atoms with E-state index in [0.29, 0.717) is 12.2 Å². The van der Waals surface area contributed by atoms with Gasteiger partial charge in [0.2, 0.25) is 5.91 Å². The van der Waals surface area contributed by atoms with Crippen molar-refractivity contribution >= 4 is 24.0 Å². The first-order valence-electron chi connectivity index (χ1n) is 7.45. The Morgan fingerprint density at radius 1 is 1.30 bits per heavy atom. The van der Waals surface area contributed by atoms with E-state index in [1.165, 1.54) is 0 Å². The third-order valence-electron chi connectivity index (χ3n) is 4.23. The van der Waals surface area contributed by atoms with Crippen molar-refractivity contribution in [1.29, 1.82) is 0 Å². The van der Waals surface area contributed by atoms with Crippen LogP contribution >= 0.6 is 12.4 Å². The van der Waals surface area contributed by atoms with Crippen molar-refractivity contribution in [2.24, 2.45) is 13.0 Å². The Balaban J connectivity index is 0.00000192. The average molecular weight is 337 g/mol. The second-order valence-electron chi connectivity index (χ2n) is 5.62. The predicted molar refractivity (Wildman–Crippen MR) is 92.6 cm³/mol. The summed E-state index contributed by atoms with van der Waals surface area (Å²) < 4.78 is 3.33. The molecule has 23 heavy (non-hydrogen) atoms. The summed E-state index contributed by atoms with van der Waals surface area (Å²) in [5.41, 5.74) is 1.68. The molecule has 3 rings (SSSR count). The minimum Gasteiger partial charge on any atom is -0.320 e. The molecule has 7 heteroatoms. The van der Waals surface area contributed by atoms with E-state index < -0.39 is 0 Å². The molecule has 0 spiro atoms. The summed E-state index contributed by atoms with van der Waals surface area (Å²) in [6.45, 7) is 3.36. The van der Waals surface area contributed by atoms with Gasteiger partial charge in [-0.05, 0) is 32.0 Å². The first-order chi connectivity index (χ1) is 10.6. The molecule has 1 aromatic carbocycles. The van der Waals surface area contributed by atoms with E-state index in [2.05, 4.69) is 10.6 Å². The molecule has 1 saturated heterocycles. The van der Waals surface area contributed by atoms with Crippen LogP contribution in [0, 0.1) is 12.8 Å². The maximum atomic E-state index is 12.7. The molecule has 1 unspecified atom stereocenters. The quantitative estimate of drug-likeness (QED) is 0.891. The van der Waals surface area contributed by atoms with Gasteiger partial charge in [-0.2, -0.15) is 0 Å². The van der Waals surface area contributed by atoms with E-state index in [1.807, 2.05) is 44.3 Å². The lowest BCUT2D eigenvalue weighted by atomic mass is 10.1. The highest BCUT2D eigenvalue weighted by Gasteiger charge is 2.25. The van der Waals surface area contributed by atoms with Crippen LogP contribution < -0.4 is 16.2 Å². The summed E-state index contributed by atoms with van der Waals surface area (Å²) >= 11 is 0. The number of carbonyl (C=O) groups excluding carboxylic acids is 1. The molecule has 1 amide bonds. The SMILES string of the molecule is Cc1c(NC(=O)C2CCNC2)c(=O)n(-c2ccccc2)n1C.Cl. The Morgan fingerprint density at radius 3 is 2.61 bits per heavy atom. The average Bonchev–Trinajstić information content (AvgIpc) is 3.13. The molecule has 1 atom stereocenters. The first kappa shape index (κ1) is 17.3. The fraction of sp³-hybridized carbons (Fsp3) is 0.375. The first-order valence-corrected chi connectivity index (χ1v) is 7.45. The van der Waals surface area contributed by atoms with Gasteiger partial charge in [0.15, 0.2) is 0 Å². The largest absolute Gasteiger partial charge is 0.320 e. The van der Waals surface area contributed by atoms with Crippen molar-refractivity contribution < 1.29 is 4.79 Å². The minimum atomic E-state index is -0.203. The number of hydrogen-bond acceptors (Lipinski definition) is 3. The van der Waals surface area contributed by atoms with Crippen LogP contribution in [-0.4, -0.2) is 28.4 Å². The molecule has 1 aliphatic heterocycles. The molecule has 2 aromatic rings. The van der Waals surface area contributed by atoms with E-state index in [4.69, 9.17) is 0 Å². The van der Waals surface area contributed by atoms with E-state index in [-0.39, 0.29) is 29.8 Å². The lowest BCUT2D eigenvalue weighted by Gasteiger charge is -2.08. The molecule has 0 bridgehead atoms. The molecule has 124 valence electrons. The standard InChI is InChI=1S/C16H20N4O2.ClH/c1-11-14(18-15(21)12-8-9-17-10-12)16(22)20(19(11)2)13-6-4-3-5-7-13;/h3-7,12,17H,8-10H2,1-2H3,(H,18,21);1H. The molecule has 2 heterocycles. The number of hydrogen-bond donors (Lipinski definition) is 2. The van der Waals surface area contributed by atoms with Crippen LogP contribution in [0.15, 0.2) is 35.1 Å². The third kappa shape index (κ3) is 3.18. The fourth-order valence-electron chi connectivity index (χ4n) is 2.82. The smallest absolute Gasteiger partial charge is 0.295 e. The lowest BCUT2D eigenvalue weighted by Crippen LogP contribution is -2.28. The van der Waals surface area contributed by atoms with Gasteiger partial charge < -0.3 is 10.6 Å². The van der Waals surface area contributed by atoms with Gasteiger partial charge in [-0.15, -0.1) is 12.4 Å². The second kappa shape index (κ2) is 7.02. The predicted octanol–water partition coefficient (Wildman–Crippen LogP) is 1.45. The highest BCUT2D eigenvalue weighted by atomic mass is 35.5. The van der Waals surface area contributed by atoms with Crippen LogP contribution in [0.5, 0.6) is 0 Å². The van der Waals surface area contributed by atoms with Crippen LogP contribution in [0.2, 0.25) is 0 Å². The molecule has 2 N–H and O–H groups in total. The summed E-state index contributed by atoms with van der Waals surface area (Å²) in [5.74, 6) is -0.153. The van der Waals surface area contributed by atoms with Gasteiger partial charge in [-0.3, -0.25) is 14.3 Å². The van der Waals surface area contributed by atoms with E-state index >= 15 is 0 Å². The Bertz CT molecular complexity index is 745. The van der Waals surface area contributed by atoms with Crippen molar-refractivity contribution in [2.75, 3.05) is 18.4 Å². The molecule has 0 saturated carbocycles. The van der Waals surface area contributed by atoms with Gasteiger partial charge >= 0.3 is 0 Å². The number of amides is 1. The normalized spacial score (nSPS) is 16.9. The van der Waals surface area contributed by atoms with Gasteiger partial charge in [0.25, 0.3) is 5.56 Å². The number of aromatic nitrogens is 2. The summed E-state index contributed by atoms with van der Waals surface area (Å²) in [5, 5.41) is 5.98. The van der Waals surface area contributed by atoms with E-state index in [1.54, 1.807) is 9.36 Å². The maximum Gasteiger partial charge on any atom is 0.295 e. The minimum absolute atomic E-state index is 0. The van der Waals surface area contributed by atoms with Crippen molar-refractivity contribution in [2.45, 2.75) is 13.3 Å². The Kier molecular flexibility index (Phi) is 5.28. The Hall–Kier alpha value is -2.05. The Morgan fingerprint density at radius 2 is 2.00 bits per heavy atom. The highest BCUT2D eigenvalue weighted by Crippen LogP contribution is 2.16. The summed E-state index contributed by atoms with van der Waals surface area (Å²) in [6, 6.07) is 9.40. The number of para-hydroxylation sites is 1. The fourth-order valence-corrected chi connectivity index (χ4v) is 2.82. The van der Waals surface area contributed by atoms with Crippen LogP contribution in [-0.2, 0) is 11.8 Å². The van der Waals surface area contributed by atoms with Crippen LogP contribution in [0.1, 0.15) is 12.1 Å². The number of benzene rings is 1. The van der Waals surface area contributed by atoms with Crippen molar-refractivity contribution in [1.82, 2.24) is 14.7 Å². The molecule has 1 fully saturated rings.